The maximum absolute atomic E-state index is 11.2. The molecule has 0 heterocycles. The Bertz CT molecular complexity index is 324. The summed E-state index contributed by atoms with van der Waals surface area (Å²) in [6.45, 7) is 2.72. The van der Waals surface area contributed by atoms with Crippen LogP contribution >= 0.6 is 11.6 Å². The molecule has 0 spiro atoms. The minimum absolute atomic E-state index is 0.425. The number of primary amides is 1. The summed E-state index contributed by atoms with van der Waals surface area (Å²) in [6, 6.07) is 6.66. The van der Waals surface area contributed by atoms with Gasteiger partial charge in [0.05, 0.1) is 0 Å². The molecule has 0 aliphatic heterocycles. The van der Waals surface area contributed by atoms with Crippen LogP contribution in [0.5, 0.6) is 0 Å². The first kappa shape index (κ1) is 11.9. The van der Waals surface area contributed by atoms with Gasteiger partial charge in [0, 0.05) is 17.3 Å². The molecule has 0 saturated carbocycles. The molecule has 0 aliphatic carbocycles. The van der Waals surface area contributed by atoms with Gasteiger partial charge in [0.25, 0.3) is 0 Å². The van der Waals surface area contributed by atoms with Crippen molar-refractivity contribution in [1.29, 1.82) is 0 Å². The smallest absolute Gasteiger partial charge is 0.319 e. The van der Waals surface area contributed by atoms with Crippen molar-refractivity contribution < 1.29 is 4.79 Å². The van der Waals surface area contributed by atoms with Crippen molar-refractivity contribution in [3.63, 3.8) is 0 Å². The van der Waals surface area contributed by atoms with E-state index in [0.717, 1.165) is 18.5 Å². The Labute approximate surface area is 94.8 Å². The van der Waals surface area contributed by atoms with Crippen LogP contribution in [0.3, 0.4) is 0 Å². The van der Waals surface area contributed by atoms with Gasteiger partial charge >= 0.3 is 6.03 Å². The van der Waals surface area contributed by atoms with Crippen LogP contribution < -0.4 is 10.6 Å². The number of nitrogens with zero attached hydrogens (tertiary/aromatic N) is 1. The van der Waals surface area contributed by atoms with E-state index in [-0.39, 0.29) is 0 Å². The van der Waals surface area contributed by atoms with Gasteiger partial charge in [-0.2, -0.15) is 0 Å². The van der Waals surface area contributed by atoms with Gasteiger partial charge in [-0.15, -0.1) is 0 Å². The second-order valence-electron chi connectivity index (χ2n) is 3.32. The van der Waals surface area contributed by atoms with Crippen LogP contribution in [0.15, 0.2) is 24.3 Å². The number of anilines is 1. The fourth-order valence-electron chi connectivity index (χ4n) is 1.30. The zero-order valence-electron chi connectivity index (χ0n) is 8.74. The molecular weight excluding hydrogens is 212 g/mol. The third-order valence-electron chi connectivity index (χ3n) is 2.14. The maximum Gasteiger partial charge on any atom is 0.319 e. The minimum Gasteiger partial charge on any atom is -0.351 e. The molecule has 3 nitrogen and oxygen atoms in total. The first-order valence-electron chi connectivity index (χ1n) is 4.97. The Morgan fingerprint density at radius 2 is 2.00 bits per heavy atom. The van der Waals surface area contributed by atoms with Gasteiger partial charge in [-0.05, 0) is 30.7 Å². The molecule has 2 amide bonds. The Balaban J connectivity index is 2.79. The molecule has 0 bridgehead atoms. The first-order valence-corrected chi connectivity index (χ1v) is 5.35. The topological polar surface area (TPSA) is 46.3 Å². The summed E-state index contributed by atoms with van der Waals surface area (Å²) >= 11 is 5.77. The summed E-state index contributed by atoms with van der Waals surface area (Å²) in [4.78, 5) is 12.8. The maximum atomic E-state index is 11.2. The van der Waals surface area contributed by atoms with E-state index in [1.807, 2.05) is 0 Å². The Hall–Kier alpha value is -1.22. The summed E-state index contributed by atoms with van der Waals surface area (Å²) < 4.78 is 0. The van der Waals surface area contributed by atoms with Crippen LogP contribution in [0.1, 0.15) is 19.8 Å². The van der Waals surface area contributed by atoms with E-state index in [2.05, 4.69) is 6.92 Å². The number of rotatable bonds is 4. The molecule has 0 aromatic heterocycles. The van der Waals surface area contributed by atoms with E-state index in [1.165, 1.54) is 0 Å². The van der Waals surface area contributed by atoms with Gasteiger partial charge in [0.2, 0.25) is 0 Å². The van der Waals surface area contributed by atoms with Gasteiger partial charge < -0.3 is 5.73 Å². The van der Waals surface area contributed by atoms with Crippen LogP contribution in [0.4, 0.5) is 10.5 Å². The molecule has 4 heteroatoms. The molecule has 0 aliphatic rings. The van der Waals surface area contributed by atoms with Crippen molar-refractivity contribution in [2.45, 2.75) is 19.8 Å². The molecule has 1 aromatic carbocycles. The molecule has 0 fully saturated rings. The first-order chi connectivity index (χ1) is 7.15. The third-order valence-corrected chi connectivity index (χ3v) is 2.39. The fourth-order valence-corrected chi connectivity index (χ4v) is 1.43. The van der Waals surface area contributed by atoms with Crippen molar-refractivity contribution in [3.05, 3.63) is 29.3 Å². The molecule has 1 rings (SSSR count). The van der Waals surface area contributed by atoms with Gasteiger partial charge in [0.1, 0.15) is 0 Å². The lowest BCUT2D eigenvalue weighted by Gasteiger charge is -2.20. The highest BCUT2D eigenvalue weighted by Crippen LogP contribution is 2.18. The number of halogens is 1. The van der Waals surface area contributed by atoms with E-state index in [9.17, 15) is 4.79 Å². The predicted octanol–water partition coefficient (Wildman–Crippen LogP) is 3.03. The fraction of sp³-hybridized carbons (Fsp3) is 0.364. The number of nitrogens with two attached hydrogens (primary N) is 1. The average Bonchev–Trinajstić information content (AvgIpc) is 2.21. The summed E-state index contributed by atoms with van der Waals surface area (Å²) in [5, 5.41) is 0.652. The molecule has 0 unspecified atom stereocenters. The summed E-state index contributed by atoms with van der Waals surface area (Å²) in [7, 11) is 0. The Morgan fingerprint density at radius 3 is 2.47 bits per heavy atom. The van der Waals surface area contributed by atoms with E-state index in [1.54, 1.807) is 29.2 Å². The quantitative estimate of drug-likeness (QED) is 0.843. The average molecular weight is 227 g/mol. The molecule has 0 saturated heterocycles. The van der Waals surface area contributed by atoms with Crippen LogP contribution in [-0.2, 0) is 0 Å². The molecule has 2 N–H and O–H groups in total. The van der Waals surface area contributed by atoms with E-state index in [4.69, 9.17) is 17.3 Å². The number of carbonyl (C=O) groups excluding carboxylic acids is 1. The third kappa shape index (κ3) is 3.44. The number of hydrogen-bond donors (Lipinski definition) is 1. The lowest BCUT2D eigenvalue weighted by Crippen LogP contribution is -2.36. The summed E-state index contributed by atoms with van der Waals surface area (Å²) in [6.07, 6.45) is 1.96. The van der Waals surface area contributed by atoms with Crippen LogP contribution in [-0.4, -0.2) is 12.6 Å². The Morgan fingerprint density at radius 1 is 1.40 bits per heavy atom. The number of unbranched alkanes of at least 4 members (excludes halogenated alkanes) is 1. The van der Waals surface area contributed by atoms with Gasteiger partial charge in [-0.1, -0.05) is 24.9 Å². The second kappa shape index (κ2) is 5.61. The normalized spacial score (nSPS) is 10.0. The monoisotopic (exact) mass is 226 g/mol. The van der Waals surface area contributed by atoms with Gasteiger partial charge in [-0.3, -0.25) is 4.90 Å². The van der Waals surface area contributed by atoms with Gasteiger partial charge in [0.15, 0.2) is 0 Å². The van der Waals surface area contributed by atoms with Crippen molar-refractivity contribution >= 4 is 23.3 Å². The number of amides is 2. The molecule has 0 radical (unpaired) electrons. The van der Waals surface area contributed by atoms with Crippen molar-refractivity contribution in [3.8, 4) is 0 Å². The number of benzene rings is 1. The summed E-state index contributed by atoms with van der Waals surface area (Å²) in [5.74, 6) is 0. The molecule has 1 aromatic rings. The highest BCUT2D eigenvalue weighted by molar-refractivity contribution is 6.30. The van der Waals surface area contributed by atoms with E-state index < -0.39 is 6.03 Å². The largest absolute Gasteiger partial charge is 0.351 e. The SMILES string of the molecule is CCCCN(C(N)=O)c1ccc(Cl)cc1. The molecule has 82 valence electrons. The molecule has 15 heavy (non-hydrogen) atoms. The zero-order valence-corrected chi connectivity index (χ0v) is 9.50. The van der Waals surface area contributed by atoms with Crippen LogP contribution in [0.2, 0.25) is 5.02 Å². The lowest BCUT2D eigenvalue weighted by molar-refractivity contribution is 0.254. The van der Waals surface area contributed by atoms with Gasteiger partial charge in [-0.25, -0.2) is 4.79 Å². The highest BCUT2D eigenvalue weighted by Gasteiger charge is 2.10. The molecular formula is C11H15ClN2O. The van der Waals surface area contributed by atoms with Crippen molar-refractivity contribution in [2.24, 2.45) is 5.73 Å². The minimum atomic E-state index is -0.425. The summed E-state index contributed by atoms with van der Waals surface area (Å²) in [5.41, 5.74) is 6.09. The van der Waals surface area contributed by atoms with Crippen LogP contribution in [0.25, 0.3) is 0 Å². The number of urea groups is 1. The zero-order chi connectivity index (χ0) is 11.3. The van der Waals surface area contributed by atoms with Crippen molar-refractivity contribution in [2.75, 3.05) is 11.4 Å². The number of carbonyl (C=O) groups is 1. The predicted molar refractivity (Wildman–Crippen MR) is 63.3 cm³/mol. The second-order valence-corrected chi connectivity index (χ2v) is 3.76. The molecule has 0 atom stereocenters. The lowest BCUT2D eigenvalue weighted by atomic mass is 10.2. The van der Waals surface area contributed by atoms with E-state index in [0.29, 0.717) is 11.6 Å². The van der Waals surface area contributed by atoms with E-state index >= 15 is 0 Å². The standard InChI is InChI=1S/C11H15ClN2O/c1-2-3-8-14(11(13)15)10-6-4-9(12)5-7-10/h4-7H,2-3,8H2,1H3,(H2,13,15). The van der Waals surface area contributed by atoms with Crippen LogP contribution in [0, 0.1) is 0 Å². The number of hydrogen-bond acceptors (Lipinski definition) is 1. The Kier molecular flexibility index (Phi) is 4.43. The highest BCUT2D eigenvalue weighted by atomic mass is 35.5. The van der Waals surface area contributed by atoms with Crippen molar-refractivity contribution in [1.82, 2.24) is 0 Å².